The average Bonchev–Trinajstić information content (AvgIpc) is 2.12. The lowest BCUT2D eigenvalue weighted by Crippen LogP contribution is -2.19. The van der Waals surface area contributed by atoms with E-state index in [4.69, 9.17) is 5.11 Å². The molecule has 0 saturated carbocycles. The summed E-state index contributed by atoms with van der Waals surface area (Å²) in [7, 11) is 2.06. The average molecular weight is 193 g/mol. The first-order valence-corrected chi connectivity index (χ1v) is 5.04. The maximum Gasteiger partial charge on any atom is 0.0447 e. The molecule has 0 heterocycles. The Morgan fingerprint density at radius 1 is 1.14 bits per heavy atom. The molecule has 14 heavy (non-hydrogen) atoms. The lowest BCUT2D eigenvalue weighted by molar-refractivity contribution is 0.290. The molecule has 2 nitrogen and oxygen atoms in total. The van der Waals surface area contributed by atoms with Crippen molar-refractivity contribution < 1.29 is 5.11 Å². The van der Waals surface area contributed by atoms with E-state index < -0.39 is 0 Å². The molecule has 1 aromatic carbocycles. The van der Waals surface area contributed by atoms with Crippen molar-refractivity contribution in [1.29, 1.82) is 0 Å². The van der Waals surface area contributed by atoms with Gasteiger partial charge in [0.05, 0.1) is 0 Å². The summed E-state index contributed by atoms with van der Waals surface area (Å²) in [6.45, 7) is 5.38. The van der Waals surface area contributed by atoms with Gasteiger partial charge >= 0.3 is 0 Å². The summed E-state index contributed by atoms with van der Waals surface area (Å²) in [5, 5.41) is 8.74. The summed E-state index contributed by atoms with van der Waals surface area (Å²) in [6.07, 6.45) is 0.823. The molecular weight excluding hydrogens is 174 g/mol. The lowest BCUT2D eigenvalue weighted by Gasteiger charge is -2.19. The number of hydrogen-bond acceptors (Lipinski definition) is 2. The number of nitrogens with zero attached hydrogens (tertiary/aromatic N) is 1. The zero-order valence-corrected chi connectivity index (χ0v) is 9.25. The van der Waals surface area contributed by atoms with E-state index in [1.165, 1.54) is 16.8 Å². The van der Waals surface area contributed by atoms with Gasteiger partial charge in [-0.3, -0.25) is 0 Å². The Labute approximate surface area is 86.2 Å². The number of aliphatic hydroxyl groups excluding tert-OH is 1. The van der Waals surface area contributed by atoms with E-state index in [2.05, 4.69) is 44.0 Å². The van der Waals surface area contributed by atoms with E-state index in [-0.39, 0.29) is 6.61 Å². The Morgan fingerprint density at radius 3 is 2.21 bits per heavy atom. The molecule has 1 rings (SSSR count). The minimum atomic E-state index is 0.259. The van der Waals surface area contributed by atoms with Gasteiger partial charge < -0.3 is 10.0 Å². The van der Waals surface area contributed by atoms with E-state index in [1.807, 2.05) is 0 Å². The van der Waals surface area contributed by atoms with Crippen LogP contribution in [-0.4, -0.2) is 25.3 Å². The van der Waals surface area contributed by atoms with Crippen LogP contribution in [0.1, 0.15) is 17.5 Å². The Balaban J connectivity index is 2.73. The van der Waals surface area contributed by atoms with Crippen molar-refractivity contribution in [2.24, 2.45) is 0 Å². The van der Waals surface area contributed by atoms with Crippen LogP contribution in [-0.2, 0) is 0 Å². The van der Waals surface area contributed by atoms with Crippen LogP contribution in [0.2, 0.25) is 0 Å². The Morgan fingerprint density at radius 2 is 1.71 bits per heavy atom. The molecule has 78 valence electrons. The third-order valence-corrected chi connectivity index (χ3v) is 2.30. The van der Waals surface area contributed by atoms with Gasteiger partial charge in [0.2, 0.25) is 0 Å². The van der Waals surface area contributed by atoms with E-state index in [1.54, 1.807) is 0 Å². The van der Waals surface area contributed by atoms with Crippen LogP contribution in [0.4, 0.5) is 5.69 Å². The van der Waals surface area contributed by atoms with E-state index in [0.29, 0.717) is 0 Å². The van der Waals surface area contributed by atoms with Crippen molar-refractivity contribution in [3.8, 4) is 0 Å². The number of aryl methyl sites for hydroxylation is 2. The van der Waals surface area contributed by atoms with Crippen LogP contribution < -0.4 is 4.90 Å². The van der Waals surface area contributed by atoms with Gasteiger partial charge in [-0.2, -0.15) is 0 Å². The van der Waals surface area contributed by atoms with Crippen molar-refractivity contribution in [1.82, 2.24) is 0 Å². The summed E-state index contributed by atoms with van der Waals surface area (Å²) in [5.74, 6) is 0. The molecule has 0 aliphatic carbocycles. The molecule has 1 N–H and O–H groups in total. The molecule has 0 atom stereocenters. The van der Waals surface area contributed by atoms with Crippen LogP contribution in [0.5, 0.6) is 0 Å². The molecule has 0 fully saturated rings. The van der Waals surface area contributed by atoms with Crippen LogP contribution in [0.25, 0.3) is 0 Å². The molecule has 0 amide bonds. The number of anilines is 1. The number of rotatable bonds is 4. The van der Waals surface area contributed by atoms with E-state index >= 15 is 0 Å². The molecule has 0 aliphatic rings. The molecular formula is C12H19NO. The topological polar surface area (TPSA) is 23.5 Å². The fraction of sp³-hybridized carbons (Fsp3) is 0.500. The predicted octanol–water partition coefficient (Wildman–Crippen LogP) is 2.12. The zero-order valence-electron chi connectivity index (χ0n) is 9.25. The molecule has 0 bridgehead atoms. The highest BCUT2D eigenvalue weighted by Crippen LogP contribution is 2.17. The fourth-order valence-electron chi connectivity index (χ4n) is 1.61. The first-order valence-electron chi connectivity index (χ1n) is 5.04. The summed E-state index contributed by atoms with van der Waals surface area (Å²) in [4.78, 5) is 2.18. The molecule has 0 saturated heterocycles. The van der Waals surface area contributed by atoms with Gasteiger partial charge in [0.1, 0.15) is 0 Å². The van der Waals surface area contributed by atoms with Crippen LogP contribution >= 0.6 is 0 Å². The predicted molar refractivity (Wildman–Crippen MR) is 60.9 cm³/mol. The smallest absolute Gasteiger partial charge is 0.0447 e. The first kappa shape index (κ1) is 11.1. The van der Waals surface area contributed by atoms with Crippen LogP contribution in [0, 0.1) is 13.8 Å². The minimum Gasteiger partial charge on any atom is -0.396 e. The molecule has 0 spiro atoms. The lowest BCUT2D eigenvalue weighted by atomic mass is 10.1. The van der Waals surface area contributed by atoms with Crippen molar-refractivity contribution in [3.05, 3.63) is 29.3 Å². The van der Waals surface area contributed by atoms with Gasteiger partial charge in [0, 0.05) is 25.9 Å². The van der Waals surface area contributed by atoms with Crippen LogP contribution in [0.3, 0.4) is 0 Å². The van der Waals surface area contributed by atoms with Crippen molar-refractivity contribution in [2.45, 2.75) is 20.3 Å². The van der Waals surface area contributed by atoms with Crippen molar-refractivity contribution in [2.75, 3.05) is 25.1 Å². The maximum absolute atomic E-state index is 8.74. The van der Waals surface area contributed by atoms with Crippen LogP contribution in [0.15, 0.2) is 18.2 Å². The highest BCUT2D eigenvalue weighted by molar-refractivity contribution is 5.50. The molecule has 0 radical (unpaired) electrons. The standard InChI is InChI=1S/C12H19NO/c1-10-7-11(2)9-12(8-10)13(3)5-4-6-14/h7-9,14H,4-6H2,1-3H3. The summed E-state index contributed by atoms with van der Waals surface area (Å²) in [6, 6.07) is 6.51. The highest BCUT2D eigenvalue weighted by atomic mass is 16.3. The van der Waals surface area contributed by atoms with Gasteiger partial charge in [-0.05, 0) is 43.5 Å². The third kappa shape index (κ3) is 3.04. The highest BCUT2D eigenvalue weighted by Gasteiger charge is 2.01. The maximum atomic E-state index is 8.74. The second kappa shape index (κ2) is 5.01. The van der Waals surface area contributed by atoms with Gasteiger partial charge in [-0.25, -0.2) is 0 Å². The largest absolute Gasteiger partial charge is 0.396 e. The van der Waals surface area contributed by atoms with Gasteiger partial charge in [-0.1, -0.05) is 6.07 Å². The molecule has 0 aromatic heterocycles. The van der Waals surface area contributed by atoms with E-state index in [9.17, 15) is 0 Å². The number of hydrogen-bond donors (Lipinski definition) is 1. The Kier molecular flexibility index (Phi) is 3.96. The SMILES string of the molecule is Cc1cc(C)cc(N(C)CCCO)c1. The van der Waals surface area contributed by atoms with Gasteiger partial charge in [0.15, 0.2) is 0 Å². The summed E-state index contributed by atoms with van der Waals surface area (Å²) < 4.78 is 0. The van der Waals surface area contributed by atoms with Gasteiger partial charge in [0.25, 0.3) is 0 Å². The quantitative estimate of drug-likeness (QED) is 0.791. The summed E-state index contributed by atoms with van der Waals surface area (Å²) >= 11 is 0. The Bertz CT molecular complexity index is 276. The monoisotopic (exact) mass is 193 g/mol. The molecule has 0 aliphatic heterocycles. The van der Waals surface area contributed by atoms with Gasteiger partial charge in [-0.15, -0.1) is 0 Å². The molecule has 0 unspecified atom stereocenters. The molecule has 2 heteroatoms. The normalized spacial score (nSPS) is 10.3. The Hall–Kier alpha value is -1.02. The van der Waals surface area contributed by atoms with E-state index in [0.717, 1.165) is 13.0 Å². The molecule has 1 aromatic rings. The van der Waals surface area contributed by atoms with Crippen molar-refractivity contribution >= 4 is 5.69 Å². The number of aliphatic hydroxyl groups is 1. The summed E-state index contributed by atoms with van der Waals surface area (Å²) in [5.41, 5.74) is 3.81. The first-order chi connectivity index (χ1) is 6.63. The zero-order chi connectivity index (χ0) is 10.6. The fourth-order valence-corrected chi connectivity index (χ4v) is 1.61. The second-order valence-corrected chi connectivity index (χ2v) is 3.84. The van der Waals surface area contributed by atoms with Crippen molar-refractivity contribution in [3.63, 3.8) is 0 Å². The number of benzene rings is 1. The second-order valence-electron chi connectivity index (χ2n) is 3.84. The third-order valence-electron chi connectivity index (χ3n) is 2.30. The minimum absolute atomic E-state index is 0.259.